The van der Waals surface area contributed by atoms with Crippen LogP contribution in [-0.4, -0.2) is 25.5 Å². The molecule has 2 aliphatic heterocycles. The maximum atomic E-state index is 12.6. The molecule has 2 aliphatic rings. The summed E-state index contributed by atoms with van der Waals surface area (Å²) in [7, 11) is -0.875. The molecule has 3 nitrogen and oxygen atoms in total. The fourth-order valence-corrected chi connectivity index (χ4v) is 5.35. The number of ketones is 1. The Balaban J connectivity index is 1.82. The minimum absolute atomic E-state index is 0.0293. The second kappa shape index (κ2) is 5.19. The van der Waals surface area contributed by atoms with Crippen molar-refractivity contribution in [2.75, 3.05) is 0 Å². The number of hydrogen-bond acceptors (Lipinski definition) is 3. The lowest BCUT2D eigenvalue weighted by Gasteiger charge is -2.26. The van der Waals surface area contributed by atoms with E-state index in [1.807, 2.05) is 0 Å². The zero-order chi connectivity index (χ0) is 15.2. The Hall–Kier alpha value is -1.24. The van der Waals surface area contributed by atoms with Crippen LogP contribution in [0.25, 0.3) is 0 Å². The van der Waals surface area contributed by atoms with Crippen LogP contribution in [0.5, 0.6) is 0 Å². The average molecular weight is 317 g/mol. The highest BCUT2D eigenvalue weighted by Gasteiger charge is 2.43. The summed E-state index contributed by atoms with van der Waals surface area (Å²) in [6.45, 7) is 0. The van der Waals surface area contributed by atoms with E-state index in [-0.39, 0.29) is 27.8 Å². The van der Waals surface area contributed by atoms with Gasteiger partial charge in [0, 0.05) is 39.0 Å². The first-order valence-electron chi connectivity index (χ1n) is 6.83. The van der Waals surface area contributed by atoms with Crippen molar-refractivity contribution in [2.45, 2.75) is 42.4 Å². The second-order valence-electron chi connectivity index (χ2n) is 5.61. The van der Waals surface area contributed by atoms with Gasteiger partial charge in [-0.2, -0.15) is 13.2 Å². The Morgan fingerprint density at radius 3 is 2.43 bits per heavy atom. The van der Waals surface area contributed by atoms with Crippen LogP contribution in [0.1, 0.15) is 41.7 Å². The molecule has 21 heavy (non-hydrogen) atoms. The summed E-state index contributed by atoms with van der Waals surface area (Å²) < 4.78 is 49.9. The summed E-state index contributed by atoms with van der Waals surface area (Å²) in [5.41, 5.74) is -0.995. The predicted molar refractivity (Wildman–Crippen MR) is 71.2 cm³/mol. The average Bonchev–Trinajstić information content (AvgIpc) is 2.66. The van der Waals surface area contributed by atoms with Gasteiger partial charge in [0.2, 0.25) is 0 Å². The number of Topliss-reactive ketones (excluding diaryl/α,β-unsaturated/α-hetero) is 1. The van der Waals surface area contributed by atoms with Gasteiger partial charge in [-0.05, 0) is 37.8 Å². The van der Waals surface area contributed by atoms with Gasteiger partial charge in [0.25, 0.3) is 0 Å². The Kier molecular flexibility index (Phi) is 3.63. The largest absolute Gasteiger partial charge is 0.433 e. The molecule has 0 N–H and O–H groups in total. The highest BCUT2D eigenvalue weighted by Crippen LogP contribution is 2.40. The molecule has 0 amide bonds. The molecule has 2 atom stereocenters. The van der Waals surface area contributed by atoms with E-state index in [1.165, 1.54) is 6.07 Å². The monoisotopic (exact) mass is 317 g/mol. The first-order chi connectivity index (χ1) is 9.86. The Bertz CT molecular complexity index is 586. The molecule has 0 spiro atoms. The summed E-state index contributed by atoms with van der Waals surface area (Å²) in [5, 5.41) is 0.0586. The number of aromatic nitrogens is 1. The van der Waals surface area contributed by atoms with Crippen molar-refractivity contribution in [3.63, 3.8) is 0 Å². The van der Waals surface area contributed by atoms with E-state index in [4.69, 9.17) is 0 Å². The predicted octanol–water partition coefficient (Wildman–Crippen LogP) is 2.97. The van der Waals surface area contributed by atoms with Crippen LogP contribution in [0.3, 0.4) is 0 Å². The number of alkyl halides is 3. The van der Waals surface area contributed by atoms with Gasteiger partial charge < -0.3 is 0 Å². The van der Waals surface area contributed by atoms with Crippen molar-refractivity contribution < 1.29 is 22.2 Å². The summed E-state index contributed by atoms with van der Waals surface area (Å²) in [6, 6.07) is 2.14. The summed E-state index contributed by atoms with van der Waals surface area (Å²) in [4.78, 5) is 15.7. The summed E-state index contributed by atoms with van der Waals surface area (Å²) in [6.07, 6.45) is -0.789. The lowest BCUT2D eigenvalue weighted by molar-refractivity contribution is -0.141. The van der Waals surface area contributed by atoms with E-state index >= 15 is 0 Å². The molecule has 0 saturated carbocycles. The molecule has 3 rings (SSSR count). The molecule has 0 radical (unpaired) electrons. The second-order valence-corrected chi connectivity index (χ2v) is 7.60. The summed E-state index contributed by atoms with van der Waals surface area (Å²) >= 11 is 0. The van der Waals surface area contributed by atoms with Gasteiger partial charge >= 0.3 is 6.18 Å². The molecule has 0 aliphatic carbocycles. The Morgan fingerprint density at radius 2 is 1.86 bits per heavy atom. The fourth-order valence-electron chi connectivity index (χ4n) is 3.22. The van der Waals surface area contributed by atoms with Crippen LogP contribution in [0.4, 0.5) is 13.2 Å². The number of carbonyl (C=O) groups excluding carboxylic acids is 1. The molecule has 2 bridgehead atoms. The van der Waals surface area contributed by atoms with Crippen molar-refractivity contribution in [1.82, 2.24) is 4.98 Å². The molecule has 1 aromatic heterocycles. The van der Waals surface area contributed by atoms with Gasteiger partial charge in [-0.15, -0.1) is 0 Å². The van der Waals surface area contributed by atoms with Gasteiger partial charge in [0.05, 0.1) is 0 Å². The van der Waals surface area contributed by atoms with Crippen LogP contribution < -0.4 is 0 Å². The zero-order valence-electron chi connectivity index (χ0n) is 11.1. The molecule has 7 heteroatoms. The van der Waals surface area contributed by atoms with Gasteiger partial charge in [-0.1, -0.05) is 0 Å². The van der Waals surface area contributed by atoms with E-state index in [0.29, 0.717) is 12.8 Å². The van der Waals surface area contributed by atoms with Crippen LogP contribution in [0.2, 0.25) is 0 Å². The van der Waals surface area contributed by atoms with Crippen molar-refractivity contribution in [2.24, 2.45) is 5.92 Å². The van der Waals surface area contributed by atoms with Crippen LogP contribution >= 0.6 is 0 Å². The third-order valence-corrected chi connectivity index (χ3v) is 6.44. The molecule has 1 aromatic rings. The highest BCUT2D eigenvalue weighted by atomic mass is 32.2. The normalized spacial score (nSPS) is 32.1. The number of nitrogens with zero attached hydrogens (tertiary/aromatic N) is 1. The van der Waals surface area contributed by atoms with Crippen molar-refractivity contribution in [3.8, 4) is 0 Å². The molecule has 0 aromatic carbocycles. The number of halogens is 3. The van der Waals surface area contributed by atoms with Crippen molar-refractivity contribution in [3.05, 3.63) is 29.6 Å². The topological polar surface area (TPSA) is 47.0 Å². The Morgan fingerprint density at radius 1 is 1.24 bits per heavy atom. The molecule has 114 valence electrons. The van der Waals surface area contributed by atoms with Crippen LogP contribution in [-0.2, 0) is 17.0 Å². The maximum absolute atomic E-state index is 12.6. The van der Waals surface area contributed by atoms with Gasteiger partial charge in [-0.3, -0.25) is 14.0 Å². The third-order valence-electron chi connectivity index (χ3n) is 4.27. The smallest absolute Gasteiger partial charge is 0.294 e. The van der Waals surface area contributed by atoms with E-state index in [9.17, 15) is 22.2 Å². The quantitative estimate of drug-likeness (QED) is 0.788. The molecule has 2 fully saturated rings. The minimum atomic E-state index is -4.55. The van der Waals surface area contributed by atoms with E-state index < -0.39 is 22.7 Å². The number of pyridine rings is 1. The Labute approximate surface area is 122 Å². The van der Waals surface area contributed by atoms with Crippen molar-refractivity contribution in [1.29, 1.82) is 0 Å². The molecule has 2 unspecified atom stereocenters. The summed E-state index contributed by atoms with van der Waals surface area (Å²) in [5.74, 6) is -0.597. The molecular weight excluding hydrogens is 303 g/mol. The standard InChI is InChI=1S/C14H14F3NO2S/c15-14(16,17)12-7-8(3-4-18-12)13(19)9-5-10-1-2-11(6-9)21(10)20/h3-4,7,9-11H,1-2,5-6H2. The van der Waals surface area contributed by atoms with E-state index in [2.05, 4.69) is 4.98 Å². The van der Waals surface area contributed by atoms with E-state index in [1.54, 1.807) is 0 Å². The number of carbonyl (C=O) groups is 1. The number of rotatable bonds is 2. The van der Waals surface area contributed by atoms with E-state index in [0.717, 1.165) is 25.1 Å². The number of fused-ring (bicyclic) bond motifs is 2. The lowest BCUT2D eigenvalue weighted by Crippen LogP contribution is -2.32. The molecule has 3 heterocycles. The minimum Gasteiger partial charge on any atom is -0.294 e. The molecular formula is C14H14F3NO2S. The van der Waals surface area contributed by atoms with Gasteiger partial charge in [0.1, 0.15) is 5.69 Å². The third kappa shape index (κ3) is 2.75. The first kappa shape index (κ1) is 14.7. The van der Waals surface area contributed by atoms with Gasteiger partial charge in [0.15, 0.2) is 5.78 Å². The van der Waals surface area contributed by atoms with Gasteiger partial charge in [-0.25, -0.2) is 0 Å². The first-order valence-corrected chi connectivity index (χ1v) is 8.10. The van der Waals surface area contributed by atoms with Crippen LogP contribution in [0, 0.1) is 5.92 Å². The maximum Gasteiger partial charge on any atom is 0.433 e. The zero-order valence-corrected chi connectivity index (χ0v) is 11.9. The van der Waals surface area contributed by atoms with Crippen molar-refractivity contribution >= 4 is 16.6 Å². The SMILES string of the molecule is O=C(c1ccnc(C(F)(F)F)c1)C1CC2CCC(C1)S2=O. The number of hydrogen-bond donors (Lipinski definition) is 0. The highest BCUT2D eigenvalue weighted by molar-refractivity contribution is 7.86. The van der Waals surface area contributed by atoms with Crippen LogP contribution in [0.15, 0.2) is 18.3 Å². The fraction of sp³-hybridized carbons (Fsp3) is 0.571. The molecule has 2 saturated heterocycles. The lowest BCUT2D eigenvalue weighted by atomic mass is 9.90.